The van der Waals surface area contributed by atoms with Crippen LogP contribution in [0.1, 0.15) is 70.2 Å². The summed E-state index contributed by atoms with van der Waals surface area (Å²) in [5.74, 6) is -0.404. The molecule has 0 aliphatic heterocycles. The second kappa shape index (κ2) is 9.37. The zero-order chi connectivity index (χ0) is 23.5. The van der Waals surface area contributed by atoms with Gasteiger partial charge in [-0.1, -0.05) is 6.07 Å². The second-order valence-corrected chi connectivity index (χ2v) is 8.39. The summed E-state index contributed by atoms with van der Waals surface area (Å²) < 4.78 is 11.9. The van der Waals surface area contributed by atoms with Crippen molar-refractivity contribution in [1.29, 1.82) is 0 Å². The van der Waals surface area contributed by atoms with E-state index in [1.807, 2.05) is 34.6 Å². The molecular formula is C24H32N2O5. The first-order valence-corrected chi connectivity index (χ1v) is 10.2. The van der Waals surface area contributed by atoms with E-state index < -0.39 is 11.5 Å². The molecule has 1 heterocycles. The Morgan fingerprint density at radius 3 is 2.26 bits per heavy atom. The van der Waals surface area contributed by atoms with Crippen LogP contribution < -0.4 is 4.74 Å². The molecule has 1 aromatic carbocycles. The van der Waals surface area contributed by atoms with Crippen molar-refractivity contribution < 1.29 is 23.9 Å². The van der Waals surface area contributed by atoms with E-state index in [2.05, 4.69) is 0 Å². The van der Waals surface area contributed by atoms with Crippen LogP contribution in [0, 0.1) is 13.8 Å². The van der Waals surface area contributed by atoms with Gasteiger partial charge in [-0.05, 0) is 65.3 Å². The molecule has 0 atom stereocenters. The van der Waals surface area contributed by atoms with Gasteiger partial charge in [-0.2, -0.15) is 0 Å². The Morgan fingerprint density at radius 2 is 1.74 bits per heavy atom. The first kappa shape index (κ1) is 24.2. The molecule has 0 unspecified atom stereocenters. The lowest BCUT2D eigenvalue weighted by atomic mass is 10.00. The van der Waals surface area contributed by atoms with Gasteiger partial charge < -0.3 is 18.9 Å². The fourth-order valence-electron chi connectivity index (χ4n) is 3.81. The number of carbonyl (C=O) groups is 3. The van der Waals surface area contributed by atoms with Crippen LogP contribution in [-0.4, -0.2) is 53.4 Å². The Labute approximate surface area is 183 Å². The highest BCUT2D eigenvalue weighted by Gasteiger charge is 2.33. The van der Waals surface area contributed by atoms with Crippen molar-refractivity contribution in [1.82, 2.24) is 9.47 Å². The SMILES string of the molecule is CCn1c(C)c(C(=O)CN(C(=O)c2cccc(OC)c2)C(C)(C)C)c(C)c1C(=O)OC. The summed E-state index contributed by atoms with van der Waals surface area (Å²) in [7, 11) is 2.86. The topological polar surface area (TPSA) is 77.8 Å². The van der Waals surface area contributed by atoms with Gasteiger partial charge >= 0.3 is 5.97 Å². The van der Waals surface area contributed by atoms with Crippen molar-refractivity contribution in [2.75, 3.05) is 20.8 Å². The zero-order valence-corrected chi connectivity index (χ0v) is 19.7. The fraction of sp³-hybridized carbons (Fsp3) is 0.458. The number of ether oxygens (including phenoxy) is 2. The van der Waals surface area contributed by atoms with Crippen LogP contribution in [-0.2, 0) is 11.3 Å². The lowest BCUT2D eigenvalue weighted by molar-refractivity contribution is 0.0545. The van der Waals surface area contributed by atoms with Crippen molar-refractivity contribution >= 4 is 17.7 Å². The van der Waals surface area contributed by atoms with Crippen LogP contribution in [0.15, 0.2) is 24.3 Å². The minimum atomic E-state index is -0.601. The fourth-order valence-corrected chi connectivity index (χ4v) is 3.81. The first-order valence-electron chi connectivity index (χ1n) is 10.2. The van der Waals surface area contributed by atoms with Gasteiger partial charge in [0, 0.05) is 28.9 Å². The molecule has 0 fully saturated rings. The maximum absolute atomic E-state index is 13.4. The lowest BCUT2D eigenvalue weighted by Crippen LogP contribution is -2.48. The minimum absolute atomic E-state index is 0.116. The number of benzene rings is 1. The molecule has 0 bridgehead atoms. The van der Waals surface area contributed by atoms with Gasteiger partial charge in [0.15, 0.2) is 5.78 Å². The third-order valence-electron chi connectivity index (χ3n) is 5.41. The number of aromatic nitrogens is 1. The Kier molecular flexibility index (Phi) is 7.31. The molecule has 0 saturated heterocycles. The van der Waals surface area contributed by atoms with Gasteiger partial charge in [-0.3, -0.25) is 9.59 Å². The normalized spacial score (nSPS) is 11.2. The molecule has 2 rings (SSSR count). The number of carbonyl (C=O) groups excluding carboxylic acids is 3. The minimum Gasteiger partial charge on any atom is -0.497 e. The summed E-state index contributed by atoms with van der Waals surface area (Å²) >= 11 is 0. The van der Waals surface area contributed by atoms with Crippen molar-refractivity contribution in [3.8, 4) is 5.75 Å². The van der Waals surface area contributed by atoms with Gasteiger partial charge in [-0.25, -0.2) is 4.79 Å². The highest BCUT2D eigenvalue weighted by atomic mass is 16.5. The summed E-state index contributed by atoms with van der Waals surface area (Å²) in [6.45, 7) is 11.5. The molecular weight excluding hydrogens is 396 g/mol. The average Bonchev–Trinajstić information content (AvgIpc) is 2.99. The molecule has 0 aliphatic carbocycles. The van der Waals surface area contributed by atoms with Crippen LogP contribution in [0.5, 0.6) is 5.75 Å². The number of esters is 1. The maximum Gasteiger partial charge on any atom is 0.354 e. The van der Waals surface area contributed by atoms with Crippen LogP contribution in [0.25, 0.3) is 0 Å². The maximum atomic E-state index is 13.4. The number of amides is 1. The number of methoxy groups -OCH3 is 2. The molecule has 0 aliphatic rings. The van der Waals surface area contributed by atoms with E-state index in [9.17, 15) is 14.4 Å². The van der Waals surface area contributed by atoms with E-state index >= 15 is 0 Å². The van der Waals surface area contributed by atoms with Gasteiger partial charge in [0.2, 0.25) is 0 Å². The molecule has 7 heteroatoms. The number of hydrogen-bond donors (Lipinski definition) is 0. The number of rotatable bonds is 7. The van der Waals surface area contributed by atoms with Gasteiger partial charge in [0.1, 0.15) is 11.4 Å². The monoisotopic (exact) mass is 428 g/mol. The van der Waals surface area contributed by atoms with Crippen molar-refractivity contribution in [3.63, 3.8) is 0 Å². The van der Waals surface area contributed by atoms with Crippen LogP contribution in [0.3, 0.4) is 0 Å². The van der Waals surface area contributed by atoms with E-state index in [1.54, 1.807) is 40.7 Å². The Hall–Kier alpha value is -3.09. The first-order chi connectivity index (χ1) is 14.5. The lowest BCUT2D eigenvalue weighted by Gasteiger charge is -2.35. The predicted molar refractivity (Wildman–Crippen MR) is 119 cm³/mol. The molecule has 0 spiro atoms. The molecule has 31 heavy (non-hydrogen) atoms. The predicted octanol–water partition coefficient (Wildman–Crippen LogP) is 4.04. The summed E-state index contributed by atoms with van der Waals surface area (Å²) in [6.07, 6.45) is 0. The van der Waals surface area contributed by atoms with E-state index in [-0.39, 0.29) is 18.2 Å². The molecule has 0 saturated carbocycles. The third kappa shape index (κ3) is 4.81. The number of nitrogens with zero attached hydrogens (tertiary/aromatic N) is 2. The molecule has 7 nitrogen and oxygen atoms in total. The molecule has 0 radical (unpaired) electrons. The molecule has 168 valence electrons. The number of ketones is 1. The van der Waals surface area contributed by atoms with E-state index in [1.165, 1.54) is 14.2 Å². The van der Waals surface area contributed by atoms with Crippen molar-refractivity contribution in [2.45, 2.75) is 53.6 Å². The third-order valence-corrected chi connectivity index (χ3v) is 5.41. The van der Waals surface area contributed by atoms with Crippen LogP contribution in [0.2, 0.25) is 0 Å². The standard InChI is InChI=1S/C24H32N2O5/c1-9-25-16(3)20(15(2)21(25)23(29)31-8)19(27)14-26(24(4,5)6)22(28)17-11-10-12-18(13-17)30-7/h10-13H,9,14H2,1-8H3. The highest BCUT2D eigenvalue weighted by Crippen LogP contribution is 2.26. The number of Topliss-reactive ketones (excluding diaryl/α,β-unsaturated/α-hetero) is 1. The van der Waals surface area contributed by atoms with Gasteiger partial charge in [-0.15, -0.1) is 0 Å². The van der Waals surface area contributed by atoms with Gasteiger partial charge in [0.05, 0.1) is 20.8 Å². The Bertz CT molecular complexity index is 998. The van der Waals surface area contributed by atoms with Gasteiger partial charge in [0.25, 0.3) is 5.91 Å². The molecule has 1 amide bonds. The molecule has 0 N–H and O–H groups in total. The zero-order valence-electron chi connectivity index (χ0n) is 19.7. The van der Waals surface area contributed by atoms with E-state index in [0.717, 1.165) is 0 Å². The quantitative estimate of drug-likeness (QED) is 0.491. The second-order valence-electron chi connectivity index (χ2n) is 8.39. The van der Waals surface area contributed by atoms with E-state index in [0.29, 0.717) is 40.4 Å². The Morgan fingerprint density at radius 1 is 1.10 bits per heavy atom. The highest BCUT2D eigenvalue weighted by molar-refractivity contribution is 6.06. The summed E-state index contributed by atoms with van der Waals surface area (Å²) in [4.78, 5) is 40.6. The van der Waals surface area contributed by atoms with Crippen LogP contribution in [0.4, 0.5) is 0 Å². The van der Waals surface area contributed by atoms with Crippen molar-refractivity contribution in [2.24, 2.45) is 0 Å². The van der Waals surface area contributed by atoms with Crippen molar-refractivity contribution in [3.05, 3.63) is 52.3 Å². The van der Waals surface area contributed by atoms with Crippen LogP contribution >= 0.6 is 0 Å². The largest absolute Gasteiger partial charge is 0.497 e. The molecule has 1 aromatic heterocycles. The average molecular weight is 429 g/mol. The molecule has 2 aromatic rings. The summed E-state index contributed by atoms with van der Waals surface area (Å²) in [5.41, 5.74) is 1.92. The summed E-state index contributed by atoms with van der Waals surface area (Å²) in [6, 6.07) is 6.86. The van der Waals surface area contributed by atoms with E-state index in [4.69, 9.17) is 9.47 Å². The smallest absolute Gasteiger partial charge is 0.354 e. The number of hydrogen-bond acceptors (Lipinski definition) is 5. The summed E-state index contributed by atoms with van der Waals surface area (Å²) in [5, 5.41) is 0. The Balaban J connectivity index is 2.48.